The predicted octanol–water partition coefficient (Wildman–Crippen LogP) is -0.420. The molecule has 0 radical (unpaired) electrons. The highest BCUT2D eigenvalue weighted by molar-refractivity contribution is 7.89. The fourth-order valence-electron chi connectivity index (χ4n) is 1.38. The van der Waals surface area contributed by atoms with E-state index < -0.39 is 20.0 Å². The lowest BCUT2D eigenvalue weighted by Crippen LogP contribution is -2.34. The van der Waals surface area contributed by atoms with Crippen LogP contribution < -0.4 is 9.44 Å². The van der Waals surface area contributed by atoms with Gasteiger partial charge in [0.05, 0.1) is 23.6 Å². The third-order valence-electron chi connectivity index (χ3n) is 2.30. The lowest BCUT2D eigenvalue weighted by Gasteiger charge is -2.07. The first-order valence-electron chi connectivity index (χ1n) is 5.65. The maximum Gasteiger partial charge on any atom is 0.240 e. The quantitative estimate of drug-likeness (QED) is 0.663. The molecule has 1 rings (SSSR count). The van der Waals surface area contributed by atoms with Crippen molar-refractivity contribution in [3.63, 3.8) is 0 Å². The van der Waals surface area contributed by atoms with Crippen LogP contribution in [0.15, 0.2) is 29.2 Å². The van der Waals surface area contributed by atoms with Gasteiger partial charge in [-0.3, -0.25) is 0 Å². The first-order valence-corrected chi connectivity index (χ1v) is 9.02. The molecule has 0 aromatic heterocycles. The Labute approximate surface area is 118 Å². The monoisotopic (exact) mass is 317 g/mol. The van der Waals surface area contributed by atoms with Gasteiger partial charge in [0, 0.05) is 13.1 Å². The lowest BCUT2D eigenvalue weighted by molar-refractivity contribution is 0.573. The van der Waals surface area contributed by atoms with Gasteiger partial charge in [0.2, 0.25) is 20.0 Å². The van der Waals surface area contributed by atoms with E-state index >= 15 is 0 Å². The van der Waals surface area contributed by atoms with Crippen LogP contribution in [0.5, 0.6) is 0 Å². The Hall–Kier alpha value is -1.47. The zero-order valence-electron chi connectivity index (χ0n) is 10.8. The molecule has 0 aliphatic carbocycles. The Morgan fingerprint density at radius 2 is 1.60 bits per heavy atom. The Bertz CT molecular complexity index is 688. The van der Waals surface area contributed by atoms with E-state index in [1.165, 1.54) is 12.1 Å². The molecule has 110 valence electrons. The second-order valence-corrected chi connectivity index (χ2v) is 7.64. The Morgan fingerprint density at radius 3 is 2.10 bits per heavy atom. The summed E-state index contributed by atoms with van der Waals surface area (Å²) >= 11 is 0. The minimum atomic E-state index is -3.68. The predicted molar refractivity (Wildman–Crippen MR) is 73.8 cm³/mol. The summed E-state index contributed by atoms with van der Waals surface area (Å²) in [6.07, 6.45) is 1.21. The van der Waals surface area contributed by atoms with Crippen molar-refractivity contribution in [1.29, 1.82) is 5.26 Å². The highest BCUT2D eigenvalue weighted by Crippen LogP contribution is 2.10. The van der Waals surface area contributed by atoms with Crippen LogP contribution >= 0.6 is 0 Å². The van der Waals surface area contributed by atoms with E-state index in [1.54, 1.807) is 12.1 Å². The highest BCUT2D eigenvalue weighted by atomic mass is 32.2. The average Bonchev–Trinajstić information content (AvgIpc) is 2.35. The van der Waals surface area contributed by atoms with Crippen LogP contribution in [-0.4, -0.2) is 36.2 Å². The van der Waals surface area contributed by atoms with Gasteiger partial charge in [-0.15, -0.1) is 0 Å². The van der Waals surface area contributed by atoms with Crippen molar-refractivity contribution in [3.05, 3.63) is 29.8 Å². The van der Waals surface area contributed by atoms with Gasteiger partial charge in [0.15, 0.2) is 0 Å². The van der Waals surface area contributed by atoms with E-state index in [2.05, 4.69) is 9.44 Å². The molecule has 1 aromatic rings. The minimum absolute atomic E-state index is 0.0232. The third-order valence-corrected chi connectivity index (χ3v) is 4.50. The largest absolute Gasteiger partial charge is 0.240 e. The summed E-state index contributed by atoms with van der Waals surface area (Å²) in [5.41, 5.74) is 0.727. The number of hydrogen-bond donors (Lipinski definition) is 2. The molecule has 0 heterocycles. The standard InChI is InChI=1S/C11H15N3O4S2/c1-19(15,16)13-8-9-14-20(17,18)11-4-2-10(3-5-11)6-7-12/h2-5,13-14H,6,8-9H2,1H3. The molecule has 20 heavy (non-hydrogen) atoms. The molecule has 0 amide bonds. The van der Waals surface area contributed by atoms with Gasteiger partial charge in [-0.05, 0) is 17.7 Å². The fourth-order valence-corrected chi connectivity index (χ4v) is 2.89. The van der Waals surface area contributed by atoms with Crippen molar-refractivity contribution in [2.45, 2.75) is 11.3 Å². The van der Waals surface area contributed by atoms with Gasteiger partial charge in [-0.1, -0.05) is 12.1 Å². The van der Waals surface area contributed by atoms with Gasteiger partial charge < -0.3 is 0 Å². The van der Waals surface area contributed by atoms with Crippen molar-refractivity contribution in [1.82, 2.24) is 9.44 Å². The molecule has 0 bridgehead atoms. The second kappa shape index (κ2) is 6.81. The van der Waals surface area contributed by atoms with Crippen molar-refractivity contribution < 1.29 is 16.8 Å². The molecular formula is C11H15N3O4S2. The van der Waals surface area contributed by atoms with Crippen LogP contribution in [0.4, 0.5) is 0 Å². The molecule has 0 unspecified atom stereocenters. The van der Waals surface area contributed by atoms with Crippen LogP contribution in [0.3, 0.4) is 0 Å². The van der Waals surface area contributed by atoms with E-state index in [0.29, 0.717) is 0 Å². The Balaban J connectivity index is 2.63. The van der Waals surface area contributed by atoms with Gasteiger partial charge in [0.25, 0.3) is 0 Å². The van der Waals surface area contributed by atoms with Gasteiger partial charge in [-0.2, -0.15) is 5.26 Å². The molecule has 0 saturated carbocycles. The van der Waals surface area contributed by atoms with Gasteiger partial charge >= 0.3 is 0 Å². The lowest BCUT2D eigenvalue weighted by atomic mass is 10.2. The van der Waals surface area contributed by atoms with Crippen molar-refractivity contribution in [2.24, 2.45) is 0 Å². The maximum atomic E-state index is 11.9. The summed E-state index contributed by atoms with van der Waals surface area (Å²) in [4.78, 5) is 0.0681. The first-order chi connectivity index (χ1) is 9.24. The van der Waals surface area contributed by atoms with Crippen LogP contribution in [-0.2, 0) is 26.5 Å². The molecule has 2 N–H and O–H groups in total. The summed E-state index contributed by atoms with van der Waals surface area (Å²) in [6.45, 7) is -0.0695. The van der Waals surface area contributed by atoms with E-state index in [4.69, 9.17) is 5.26 Å². The third kappa shape index (κ3) is 5.66. The zero-order chi connectivity index (χ0) is 15.2. The molecule has 0 aliphatic heterocycles. The van der Waals surface area contributed by atoms with Crippen molar-refractivity contribution in [2.75, 3.05) is 19.3 Å². The van der Waals surface area contributed by atoms with Crippen LogP contribution in [0.1, 0.15) is 5.56 Å². The number of rotatable bonds is 7. The molecule has 0 atom stereocenters. The summed E-state index contributed by atoms with van der Waals surface area (Å²) < 4.78 is 49.8. The fraction of sp³-hybridized carbons (Fsp3) is 0.364. The number of nitrogens with one attached hydrogen (secondary N) is 2. The summed E-state index contributed by atoms with van der Waals surface area (Å²) in [7, 11) is -7.01. The molecule has 0 spiro atoms. The SMILES string of the molecule is CS(=O)(=O)NCCNS(=O)(=O)c1ccc(CC#N)cc1. The molecule has 0 aliphatic rings. The van der Waals surface area contributed by atoms with E-state index in [-0.39, 0.29) is 24.4 Å². The maximum absolute atomic E-state index is 11.9. The van der Waals surface area contributed by atoms with Crippen LogP contribution in [0.2, 0.25) is 0 Å². The van der Waals surface area contributed by atoms with E-state index in [9.17, 15) is 16.8 Å². The Kier molecular flexibility index (Phi) is 5.64. The zero-order valence-corrected chi connectivity index (χ0v) is 12.5. The summed E-state index contributed by atoms with van der Waals surface area (Å²) in [6, 6.07) is 7.90. The number of nitrogens with zero attached hydrogens (tertiary/aromatic N) is 1. The molecule has 1 aromatic carbocycles. The van der Waals surface area contributed by atoms with Gasteiger partial charge in [-0.25, -0.2) is 26.3 Å². The normalized spacial score (nSPS) is 12.0. The average molecular weight is 317 g/mol. The highest BCUT2D eigenvalue weighted by Gasteiger charge is 2.13. The van der Waals surface area contributed by atoms with E-state index in [0.717, 1.165) is 11.8 Å². The summed E-state index contributed by atoms with van der Waals surface area (Å²) in [5.74, 6) is 0. The molecule has 0 saturated heterocycles. The smallest absolute Gasteiger partial charge is 0.214 e. The molecular weight excluding hydrogens is 302 g/mol. The number of hydrogen-bond acceptors (Lipinski definition) is 5. The van der Waals surface area contributed by atoms with Crippen LogP contribution in [0.25, 0.3) is 0 Å². The van der Waals surface area contributed by atoms with Crippen molar-refractivity contribution >= 4 is 20.0 Å². The summed E-state index contributed by atoms with van der Waals surface area (Å²) in [5, 5.41) is 8.52. The van der Waals surface area contributed by atoms with Crippen molar-refractivity contribution in [3.8, 4) is 6.07 Å². The molecule has 7 nitrogen and oxygen atoms in total. The molecule has 0 fully saturated rings. The number of sulfonamides is 2. The molecule has 9 heteroatoms. The van der Waals surface area contributed by atoms with Gasteiger partial charge in [0.1, 0.15) is 0 Å². The van der Waals surface area contributed by atoms with Crippen LogP contribution in [0, 0.1) is 11.3 Å². The minimum Gasteiger partial charge on any atom is -0.214 e. The van der Waals surface area contributed by atoms with E-state index in [1.807, 2.05) is 6.07 Å². The number of benzene rings is 1. The Morgan fingerprint density at radius 1 is 1.05 bits per heavy atom. The topological polar surface area (TPSA) is 116 Å². The number of nitriles is 1. The second-order valence-electron chi connectivity index (χ2n) is 4.04. The first kappa shape index (κ1) is 16.6.